The fourth-order valence-corrected chi connectivity index (χ4v) is 2.24. The summed E-state index contributed by atoms with van der Waals surface area (Å²) >= 11 is 3.19. The average Bonchev–Trinajstić information content (AvgIpc) is 2.68. The number of hydrogen-bond acceptors (Lipinski definition) is 2. The molecule has 1 aromatic rings. The number of nitrogens with one attached hydrogen (secondary N) is 2. The zero-order valence-corrected chi connectivity index (χ0v) is 10.5. The third-order valence-corrected chi connectivity index (χ3v) is 3.20. The molecule has 2 N–H and O–H groups in total. The third-order valence-electron chi connectivity index (χ3n) is 2.71. The highest BCUT2D eigenvalue weighted by atomic mass is 79.9. The van der Waals surface area contributed by atoms with Gasteiger partial charge in [-0.05, 0) is 31.2 Å². The van der Waals surface area contributed by atoms with Crippen molar-refractivity contribution in [1.82, 2.24) is 5.32 Å². The lowest BCUT2D eigenvalue weighted by atomic mass is 10.1. The second-order valence-electron chi connectivity index (χ2n) is 4.02. The summed E-state index contributed by atoms with van der Waals surface area (Å²) in [6.07, 6.45) is -3.49. The summed E-state index contributed by atoms with van der Waals surface area (Å²) in [5, 5.41) is 6.05. The first-order chi connectivity index (χ1) is 7.97. The lowest BCUT2D eigenvalue weighted by molar-refractivity contribution is -0.137. The van der Waals surface area contributed by atoms with E-state index in [4.69, 9.17) is 0 Å². The van der Waals surface area contributed by atoms with E-state index in [1.165, 1.54) is 12.1 Å². The summed E-state index contributed by atoms with van der Waals surface area (Å²) < 4.78 is 39.0. The van der Waals surface area contributed by atoms with Crippen LogP contribution in [0.2, 0.25) is 0 Å². The number of halogens is 4. The van der Waals surface area contributed by atoms with Crippen molar-refractivity contribution in [3.63, 3.8) is 0 Å². The van der Waals surface area contributed by atoms with E-state index in [1.54, 1.807) is 0 Å². The van der Waals surface area contributed by atoms with Crippen LogP contribution in [0.3, 0.4) is 0 Å². The molecule has 1 atom stereocenters. The second kappa shape index (κ2) is 4.86. The quantitative estimate of drug-likeness (QED) is 0.876. The van der Waals surface area contributed by atoms with Gasteiger partial charge < -0.3 is 10.6 Å². The zero-order valence-electron chi connectivity index (χ0n) is 8.94. The summed E-state index contributed by atoms with van der Waals surface area (Å²) in [6, 6.07) is 4.03. The molecule has 1 aliphatic rings. The van der Waals surface area contributed by atoms with Crippen LogP contribution in [0.4, 0.5) is 18.9 Å². The van der Waals surface area contributed by atoms with Gasteiger partial charge in [0.05, 0.1) is 5.56 Å². The smallest absolute Gasteiger partial charge is 0.380 e. The van der Waals surface area contributed by atoms with Crippen molar-refractivity contribution >= 4 is 21.6 Å². The Morgan fingerprint density at radius 2 is 2.12 bits per heavy atom. The molecule has 2 rings (SSSR count). The van der Waals surface area contributed by atoms with E-state index in [1.807, 2.05) is 0 Å². The fraction of sp³-hybridized carbons (Fsp3) is 0.455. The van der Waals surface area contributed by atoms with Gasteiger partial charge in [-0.2, -0.15) is 13.2 Å². The van der Waals surface area contributed by atoms with Gasteiger partial charge in [0.1, 0.15) is 0 Å². The van der Waals surface area contributed by atoms with Crippen LogP contribution in [-0.4, -0.2) is 19.1 Å². The molecular weight excluding hydrogens is 297 g/mol. The maximum Gasteiger partial charge on any atom is 0.418 e. The fourth-order valence-electron chi connectivity index (χ4n) is 1.88. The van der Waals surface area contributed by atoms with E-state index in [2.05, 4.69) is 26.6 Å². The Morgan fingerprint density at radius 1 is 1.35 bits per heavy atom. The maximum atomic E-state index is 12.8. The summed E-state index contributed by atoms with van der Waals surface area (Å²) in [5.41, 5.74) is -0.479. The van der Waals surface area contributed by atoms with Crippen LogP contribution in [0.25, 0.3) is 0 Å². The van der Waals surface area contributed by atoms with E-state index in [0.29, 0.717) is 11.0 Å². The lowest BCUT2D eigenvalue weighted by Crippen LogP contribution is -2.24. The van der Waals surface area contributed by atoms with E-state index in [0.717, 1.165) is 19.0 Å². The molecule has 1 saturated heterocycles. The van der Waals surface area contributed by atoms with Gasteiger partial charge in [0.25, 0.3) is 0 Å². The van der Waals surface area contributed by atoms with E-state index >= 15 is 0 Å². The van der Waals surface area contributed by atoms with E-state index < -0.39 is 11.7 Å². The van der Waals surface area contributed by atoms with Gasteiger partial charge in [-0.3, -0.25) is 0 Å². The Morgan fingerprint density at radius 3 is 2.71 bits per heavy atom. The largest absolute Gasteiger partial charge is 0.418 e. The Balaban J connectivity index is 2.26. The topological polar surface area (TPSA) is 24.1 Å². The van der Waals surface area contributed by atoms with Crippen molar-refractivity contribution in [3.05, 3.63) is 28.2 Å². The summed E-state index contributed by atoms with van der Waals surface area (Å²) in [7, 11) is 0. The monoisotopic (exact) mass is 308 g/mol. The van der Waals surface area contributed by atoms with Gasteiger partial charge in [-0.15, -0.1) is 0 Å². The molecule has 1 fully saturated rings. The van der Waals surface area contributed by atoms with Crippen molar-refractivity contribution in [3.8, 4) is 0 Å². The number of anilines is 1. The lowest BCUT2D eigenvalue weighted by Gasteiger charge is -2.18. The highest BCUT2D eigenvalue weighted by molar-refractivity contribution is 9.10. The SMILES string of the molecule is FC(F)(F)c1ccc(Br)cc1NC1CCNC1. The molecule has 1 unspecified atom stereocenters. The molecule has 0 amide bonds. The molecular formula is C11H12BrF3N2. The van der Waals surface area contributed by atoms with Crippen molar-refractivity contribution < 1.29 is 13.2 Å². The molecule has 0 radical (unpaired) electrons. The predicted molar refractivity (Wildman–Crippen MR) is 64.0 cm³/mol. The van der Waals surface area contributed by atoms with Crippen LogP contribution >= 0.6 is 15.9 Å². The van der Waals surface area contributed by atoms with E-state index in [9.17, 15) is 13.2 Å². The first-order valence-electron chi connectivity index (χ1n) is 5.31. The Bertz CT molecular complexity index is 400. The molecule has 17 heavy (non-hydrogen) atoms. The summed E-state index contributed by atoms with van der Waals surface area (Å²) in [4.78, 5) is 0. The summed E-state index contributed by atoms with van der Waals surface area (Å²) in [6.45, 7) is 1.54. The van der Waals surface area contributed by atoms with Crippen LogP contribution < -0.4 is 10.6 Å². The minimum absolute atomic E-state index is 0.0606. The molecule has 1 heterocycles. The van der Waals surface area contributed by atoms with Crippen LogP contribution in [0, 0.1) is 0 Å². The number of rotatable bonds is 2. The molecule has 94 valence electrons. The Hall–Kier alpha value is -0.750. The Labute approximate surface area is 106 Å². The van der Waals surface area contributed by atoms with Crippen LogP contribution in [0.15, 0.2) is 22.7 Å². The van der Waals surface area contributed by atoms with Crippen molar-refractivity contribution in [2.75, 3.05) is 18.4 Å². The van der Waals surface area contributed by atoms with Crippen LogP contribution in [0.1, 0.15) is 12.0 Å². The van der Waals surface area contributed by atoms with Crippen molar-refractivity contribution in [2.45, 2.75) is 18.6 Å². The maximum absolute atomic E-state index is 12.8. The van der Waals surface area contributed by atoms with Crippen molar-refractivity contribution in [1.29, 1.82) is 0 Å². The van der Waals surface area contributed by atoms with Crippen LogP contribution in [0.5, 0.6) is 0 Å². The molecule has 0 spiro atoms. The molecule has 0 bridgehead atoms. The van der Waals surface area contributed by atoms with Gasteiger partial charge in [0.2, 0.25) is 0 Å². The third kappa shape index (κ3) is 3.13. The van der Waals surface area contributed by atoms with Gasteiger partial charge in [0, 0.05) is 22.7 Å². The van der Waals surface area contributed by atoms with Gasteiger partial charge >= 0.3 is 6.18 Å². The standard InChI is InChI=1S/C11H12BrF3N2/c12-7-1-2-9(11(13,14)15)10(5-7)17-8-3-4-16-6-8/h1-2,5,8,16-17H,3-4,6H2. The van der Waals surface area contributed by atoms with Gasteiger partial charge in [-0.25, -0.2) is 0 Å². The first kappa shape index (κ1) is 12.7. The number of alkyl halides is 3. The molecule has 0 saturated carbocycles. The zero-order chi connectivity index (χ0) is 12.5. The average molecular weight is 309 g/mol. The second-order valence-corrected chi connectivity index (χ2v) is 4.94. The van der Waals surface area contributed by atoms with Gasteiger partial charge in [0.15, 0.2) is 0 Å². The molecule has 0 aromatic heterocycles. The Kier molecular flexibility index (Phi) is 3.63. The molecule has 2 nitrogen and oxygen atoms in total. The van der Waals surface area contributed by atoms with E-state index in [-0.39, 0.29) is 11.7 Å². The summed E-state index contributed by atoms with van der Waals surface area (Å²) in [5.74, 6) is 0. The number of hydrogen-bond donors (Lipinski definition) is 2. The highest BCUT2D eigenvalue weighted by Crippen LogP contribution is 2.36. The normalized spacial score (nSPS) is 20.6. The van der Waals surface area contributed by atoms with Crippen molar-refractivity contribution in [2.24, 2.45) is 0 Å². The first-order valence-corrected chi connectivity index (χ1v) is 6.10. The molecule has 6 heteroatoms. The highest BCUT2D eigenvalue weighted by Gasteiger charge is 2.34. The minimum atomic E-state index is -4.32. The molecule has 0 aliphatic carbocycles. The van der Waals surface area contributed by atoms with Crippen LogP contribution in [-0.2, 0) is 6.18 Å². The predicted octanol–water partition coefficient (Wildman–Crippen LogP) is 3.24. The molecule has 1 aromatic carbocycles. The van der Waals surface area contributed by atoms with Gasteiger partial charge in [-0.1, -0.05) is 15.9 Å². The molecule has 1 aliphatic heterocycles. The number of benzene rings is 1. The minimum Gasteiger partial charge on any atom is -0.380 e.